The molecule has 0 radical (unpaired) electrons. The Morgan fingerprint density at radius 2 is 1.82 bits per heavy atom. The van der Waals surface area contributed by atoms with Crippen LogP contribution in [0.3, 0.4) is 0 Å². The van der Waals surface area contributed by atoms with Crippen LogP contribution in [0.1, 0.15) is 33.6 Å². The van der Waals surface area contributed by atoms with Crippen molar-refractivity contribution in [2.45, 2.75) is 45.3 Å². The van der Waals surface area contributed by atoms with Crippen LogP contribution in [0, 0.1) is 0 Å². The number of hydrogen-bond donors (Lipinski definition) is 1. The molecule has 2 fully saturated rings. The normalized spacial score (nSPS) is 23.1. The Kier molecular flexibility index (Phi) is 5.50. The fraction of sp³-hybridized carbons (Fsp3) is 0.867. The predicted octanol–water partition coefficient (Wildman–Crippen LogP) is 1.43. The van der Waals surface area contributed by atoms with Crippen molar-refractivity contribution in [2.75, 3.05) is 39.4 Å². The SMILES string of the molecule is CC(C)(C)OC(=O)N1CCC[C@H](NC(=O)N2CCOCC2)C1. The number of rotatable bonds is 1. The Labute approximate surface area is 131 Å². The maximum absolute atomic E-state index is 12.2. The van der Waals surface area contributed by atoms with Crippen molar-refractivity contribution in [3.63, 3.8) is 0 Å². The average Bonchev–Trinajstić information content (AvgIpc) is 2.46. The van der Waals surface area contributed by atoms with Gasteiger partial charge >= 0.3 is 12.1 Å². The molecule has 0 aromatic rings. The lowest BCUT2D eigenvalue weighted by Crippen LogP contribution is -2.54. The van der Waals surface area contributed by atoms with Crippen LogP contribution in [0.25, 0.3) is 0 Å². The number of morpholine rings is 1. The molecule has 3 amide bonds. The van der Waals surface area contributed by atoms with Crippen molar-refractivity contribution >= 4 is 12.1 Å². The minimum absolute atomic E-state index is 0.0170. The van der Waals surface area contributed by atoms with E-state index >= 15 is 0 Å². The van der Waals surface area contributed by atoms with Crippen LogP contribution in [0.5, 0.6) is 0 Å². The lowest BCUT2D eigenvalue weighted by Gasteiger charge is -2.36. The van der Waals surface area contributed by atoms with Gasteiger partial charge in [-0.05, 0) is 33.6 Å². The summed E-state index contributed by atoms with van der Waals surface area (Å²) in [5.74, 6) is 0. The highest BCUT2D eigenvalue weighted by Gasteiger charge is 2.29. The van der Waals surface area contributed by atoms with Crippen LogP contribution in [-0.4, -0.2) is 73.0 Å². The number of hydrogen-bond acceptors (Lipinski definition) is 4. The molecule has 2 heterocycles. The molecule has 126 valence electrons. The molecule has 0 aromatic heterocycles. The van der Waals surface area contributed by atoms with Crippen molar-refractivity contribution in [1.82, 2.24) is 15.1 Å². The average molecular weight is 313 g/mol. The van der Waals surface area contributed by atoms with Crippen molar-refractivity contribution in [1.29, 1.82) is 0 Å². The topological polar surface area (TPSA) is 71.1 Å². The number of urea groups is 1. The molecule has 0 spiro atoms. The van der Waals surface area contributed by atoms with Crippen molar-refractivity contribution in [2.24, 2.45) is 0 Å². The molecule has 1 atom stereocenters. The molecule has 2 rings (SSSR count). The molecular formula is C15H27N3O4. The molecule has 22 heavy (non-hydrogen) atoms. The lowest BCUT2D eigenvalue weighted by atomic mass is 10.1. The van der Waals surface area contributed by atoms with Gasteiger partial charge in [0.05, 0.1) is 13.2 Å². The molecule has 0 bridgehead atoms. The van der Waals surface area contributed by atoms with E-state index in [1.54, 1.807) is 9.80 Å². The van der Waals surface area contributed by atoms with Gasteiger partial charge < -0.3 is 24.6 Å². The molecular weight excluding hydrogens is 286 g/mol. The van der Waals surface area contributed by atoms with E-state index in [1.165, 1.54) is 0 Å². The van der Waals surface area contributed by atoms with Gasteiger partial charge in [-0.1, -0.05) is 0 Å². The molecule has 7 heteroatoms. The zero-order valence-electron chi connectivity index (χ0n) is 13.8. The van der Waals surface area contributed by atoms with Crippen LogP contribution in [-0.2, 0) is 9.47 Å². The summed E-state index contributed by atoms with van der Waals surface area (Å²) in [6.45, 7) is 9.16. The molecule has 2 aliphatic rings. The number of likely N-dealkylation sites (tertiary alicyclic amines) is 1. The van der Waals surface area contributed by atoms with Crippen LogP contribution in [0.15, 0.2) is 0 Å². The maximum Gasteiger partial charge on any atom is 0.410 e. The molecule has 2 aliphatic heterocycles. The van der Waals surface area contributed by atoms with Crippen molar-refractivity contribution in [3.8, 4) is 0 Å². The fourth-order valence-corrected chi connectivity index (χ4v) is 2.62. The summed E-state index contributed by atoms with van der Waals surface area (Å²) in [6.07, 6.45) is 1.45. The number of amides is 3. The minimum Gasteiger partial charge on any atom is -0.444 e. The van der Waals surface area contributed by atoms with Gasteiger partial charge in [0.2, 0.25) is 0 Å². The number of carbonyl (C=O) groups is 2. The quantitative estimate of drug-likeness (QED) is 0.795. The van der Waals surface area contributed by atoms with E-state index < -0.39 is 5.60 Å². The standard InChI is InChI=1S/C15H27N3O4/c1-15(2,3)22-14(20)18-6-4-5-12(11-18)16-13(19)17-7-9-21-10-8-17/h12H,4-11H2,1-3H3,(H,16,19)/t12-/m0/s1. The summed E-state index contributed by atoms with van der Waals surface area (Å²) >= 11 is 0. The first-order valence-corrected chi connectivity index (χ1v) is 7.96. The number of ether oxygens (including phenoxy) is 2. The van der Waals surface area contributed by atoms with Crippen LogP contribution < -0.4 is 5.32 Å². The number of piperidine rings is 1. The summed E-state index contributed by atoms with van der Waals surface area (Å²) in [4.78, 5) is 27.7. The summed E-state index contributed by atoms with van der Waals surface area (Å²) < 4.78 is 10.6. The highest BCUT2D eigenvalue weighted by atomic mass is 16.6. The third kappa shape index (κ3) is 5.05. The molecule has 0 aliphatic carbocycles. The van der Waals surface area contributed by atoms with E-state index in [4.69, 9.17) is 9.47 Å². The minimum atomic E-state index is -0.499. The van der Waals surface area contributed by atoms with Gasteiger partial charge in [0.1, 0.15) is 5.60 Å². The third-order valence-corrected chi connectivity index (χ3v) is 3.70. The van der Waals surface area contributed by atoms with Gasteiger partial charge in [0.15, 0.2) is 0 Å². The molecule has 0 saturated carbocycles. The van der Waals surface area contributed by atoms with E-state index in [2.05, 4.69) is 5.32 Å². The van der Waals surface area contributed by atoms with E-state index in [-0.39, 0.29) is 18.2 Å². The predicted molar refractivity (Wildman–Crippen MR) is 81.8 cm³/mol. The van der Waals surface area contributed by atoms with E-state index in [0.29, 0.717) is 39.4 Å². The van der Waals surface area contributed by atoms with Gasteiger partial charge in [-0.3, -0.25) is 0 Å². The molecule has 0 aromatic carbocycles. The Hall–Kier alpha value is -1.50. The highest BCUT2D eigenvalue weighted by molar-refractivity contribution is 5.75. The third-order valence-electron chi connectivity index (χ3n) is 3.70. The summed E-state index contributed by atoms with van der Waals surface area (Å²) in [5, 5.41) is 3.02. The lowest BCUT2D eigenvalue weighted by molar-refractivity contribution is 0.0183. The molecule has 0 unspecified atom stereocenters. The van der Waals surface area contributed by atoms with Crippen LogP contribution >= 0.6 is 0 Å². The monoisotopic (exact) mass is 313 g/mol. The Bertz CT molecular complexity index is 402. The van der Waals surface area contributed by atoms with Gasteiger partial charge in [0, 0.05) is 32.2 Å². The largest absolute Gasteiger partial charge is 0.444 e. The highest BCUT2D eigenvalue weighted by Crippen LogP contribution is 2.15. The van der Waals surface area contributed by atoms with Crippen LogP contribution in [0.4, 0.5) is 9.59 Å². The molecule has 7 nitrogen and oxygen atoms in total. The maximum atomic E-state index is 12.2. The van der Waals surface area contributed by atoms with Crippen molar-refractivity contribution < 1.29 is 19.1 Å². The second kappa shape index (κ2) is 7.17. The summed E-state index contributed by atoms with van der Waals surface area (Å²) in [6, 6.07) is -0.0871. The Morgan fingerprint density at radius 1 is 1.14 bits per heavy atom. The second-order valence-corrected chi connectivity index (χ2v) is 6.81. The van der Waals surface area contributed by atoms with Crippen LogP contribution in [0.2, 0.25) is 0 Å². The van der Waals surface area contributed by atoms with Crippen molar-refractivity contribution in [3.05, 3.63) is 0 Å². The van der Waals surface area contributed by atoms with E-state index in [1.807, 2.05) is 20.8 Å². The Balaban J connectivity index is 1.82. The number of nitrogens with zero attached hydrogens (tertiary/aromatic N) is 2. The van der Waals surface area contributed by atoms with Gasteiger partial charge in [-0.2, -0.15) is 0 Å². The summed E-state index contributed by atoms with van der Waals surface area (Å²) in [5.41, 5.74) is -0.499. The first-order chi connectivity index (χ1) is 10.3. The molecule has 1 N–H and O–H groups in total. The van der Waals surface area contributed by atoms with Gasteiger partial charge in [-0.15, -0.1) is 0 Å². The fourth-order valence-electron chi connectivity index (χ4n) is 2.62. The van der Waals surface area contributed by atoms with E-state index in [9.17, 15) is 9.59 Å². The van der Waals surface area contributed by atoms with E-state index in [0.717, 1.165) is 12.8 Å². The molecule has 2 saturated heterocycles. The number of nitrogens with one attached hydrogen (secondary N) is 1. The first-order valence-electron chi connectivity index (χ1n) is 7.96. The smallest absolute Gasteiger partial charge is 0.410 e. The Morgan fingerprint density at radius 3 is 2.45 bits per heavy atom. The second-order valence-electron chi connectivity index (χ2n) is 6.81. The zero-order chi connectivity index (χ0) is 16.2. The van der Waals surface area contributed by atoms with Gasteiger partial charge in [0.25, 0.3) is 0 Å². The number of carbonyl (C=O) groups excluding carboxylic acids is 2. The van der Waals surface area contributed by atoms with Gasteiger partial charge in [-0.25, -0.2) is 9.59 Å². The summed E-state index contributed by atoms with van der Waals surface area (Å²) in [7, 11) is 0. The first kappa shape index (κ1) is 16.9. The zero-order valence-corrected chi connectivity index (χ0v) is 13.8.